The number of amides is 1. The van der Waals surface area contributed by atoms with Crippen molar-refractivity contribution in [3.8, 4) is 0 Å². The van der Waals surface area contributed by atoms with Crippen LogP contribution >= 0.6 is 11.6 Å². The van der Waals surface area contributed by atoms with E-state index in [-0.39, 0.29) is 5.91 Å². The molecular formula is C15H16ClN3O. The molecule has 2 aromatic rings. The molecule has 0 aliphatic rings. The van der Waals surface area contributed by atoms with Gasteiger partial charge in [-0.2, -0.15) is 0 Å². The number of nitrogens with zero attached hydrogens (tertiary/aromatic N) is 2. The maximum Gasteiger partial charge on any atom is 0.274 e. The van der Waals surface area contributed by atoms with Gasteiger partial charge in [0.1, 0.15) is 10.8 Å². The molecule has 0 atom stereocenters. The van der Waals surface area contributed by atoms with Crippen molar-refractivity contribution in [2.24, 2.45) is 0 Å². The van der Waals surface area contributed by atoms with Gasteiger partial charge < -0.3 is 10.2 Å². The van der Waals surface area contributed by atoms with Crippen LogP contribution in [0.5, 0.6) is 0 Å². The summed E-state index contributed by atoms with van der Waals surface area (Å²) in [5.74, 6) is -0.269. The molecule has 0 spiro atoms. The molecule has 0 aliphatic carbocycles. The second kappa shape index (κ2) is 6.50. The average Bonchev–Trinajstić information content (AvgIpc) is 2.38. The third-order valence-corrected chi connectivity index (χ3v) is 2.84. The van der Waals surface area contributed by atoms with E-state index >= 15 is 0 Å². The molecule has 1 aromatic carbocycles. The molecule has 0 unspecified atom stereocenters. The van der Waals surface area contributed by atoms with Crippen molar-refractivity contribution >= 4 is 23.2 Å². The summed E-state index contributed by atoms with van der Waals surface area (Å²) in [6.07, 6.45) is 0. The summed E-state index contributed by atoms with van der Waals surface area (Å²) >= 11 is 5.78. The Bertz CT molecular complexity index is 614. The maximum atomic E-state index is 12.1. The Hall–Kier alpha value is -1.91. The first-order valence-corrected chi connectivity index (χ1v) is 6.60. The standard InChI is InChI=1S/C15H16ClN3O/c1-19(2)10-11-5-3-6-12(9-11)17-15(20)13-7-4-8-14(16)18-13/h3-9H,10H2,1-2H3,(H,17,20). The molecule has 0 bridgehead atoms. The number of carbonyl (C=O) groups excluding carboxylic acids is 1. The van der Waals surface area contributed by atoms with Crippen LogP contribution in [0.2, 0.25) is 5.15 Å². The van der Waals surface area contributed by atoms with Crippen molar-refractivity contribution < 1.29 is 4.79 Å². The minimum atomic E-state index is -0.269. The SMILES string of the molecule is CN(C)Cc1cccc(NC(=O)c2cccc(Cl)n2)c1. The quantitative estimate of drug-likeness (QED) is 0.880. The molecule has 0 saturated heterocycles. The molecule has 1 aromatic heterocycles. The zero-order valence-corrected chi connectivity index (χ0v) is 12.2. The number of hydrogen-bond acceptors (Lipinski definition) is 3. The van der Waals surface area contributed by atoms with Gasteiger partial charge in [0.25, 0.3) is 5.91 Å². The van der Waals surface area contributed by atoms with E-state index in [2.05, 4.69) is 15.2 Å². The molecule has 0 aliphatic heterocycles. The Morgan fingerprint density at radius 3 is 2.70 bits per heavy atom. The summed E-state index contributed by atoms with van der Waals surface area (Å²) in [6, 6.07) is 12.7. The molecule has 5 heteroatoms. The number of nitrogens with one attached hydrogen (secondary N) is 1. The van der Waals surface area contributed by atoms with Crippen LogP contribution < -0.4 is 5.32 Å². The highest BCUT2D eigenvalue weighted by Crippen LogP contribution is 2.13. The first kappa shape index (κ1) is 14.5. The topological polar surface area (TPSA) is 45.2 Å². The van der Waals surface area contributed by atoms with Gasteiger partial charge >= 0.3 is 0 Å². The van der Waals surface area contributed by atoms with Gasteiger partial charge in [-0.05, 0) is 43.9 Å². The van der Waals surface area contributed by atoms with Crippen LogP contribution in [-0.4, -0.2) is 29.9 Å². The maximum absolute atomic E-state index is 12.1. The van der Waals surface area contributed by atoms with Gasteiger partial charge in [0.15, 0.2) is 0 Å². The van der Waals surface area contributed by atoms with Crippen molar-refractivity contribution in [2.75, 3.05) is 19.4 Å². The number of halogens is 1. The number of aromatic nitrogens is 1. The van der Waals surface area contributed by atoms with Crippen molar-refractivity contribution in [3.05, 3.63) is 58.9 Å². The molecule has 1 amide bonds. The van der Waals surface area contributed by atoms with Gasteiger partial charge in [0.2, 0.25) is 0 Å². The first-order valence-electron chi connectivity index (χ1n) is 6.22. The molecule has 1 heterocycles. The van der Waals surface area contributed by atoms with E-state index in [0.717, 1.165) is 17.8 Å². The summed E-state index contributed by atoms with van der Waals surface area (Å²) in [4.78, 5) is 18.1. The molecular weight excluding hydrogens is 274 g/mol. The van der Waals surface area contributed by atoms with Crippen LogP contribution in [0.4, 0.5) is 5.69 Å². The van der Waals surface area contributed by atoms with E-state index in [1.165, 1.54) is 0 Å². The Morgan fingerprint density at radius 1 is 1.25 bits per heavy atom. The van der Waals surface area contributed by atoms with Crippen molar-refractivity contribution in [1.82, 2.24) is 9.88 Å². The van der Waals surface area contributed by atoms with E-state index in [4.69, 9.17) is 11.6 Å². The molecule has 0 radical (unpaired) electrons. The van der Waals surface area contributed by atoms with E-state index in [1.54, 1.807) is 18.2 Å². The lowest BCUT2D eigenvalue weighted by molar-refractivity contribution is 0.102. The monoisotopic (exact) mass is 289 g/mol. The van der Waals surface area contributed by atoms with Gasteiger partial charge in [-0.3, -0.25) is 4.79 Å². The van der Waals surface area contributed by atoms with Crippen LogP contribution in [0.1, 0.15) is 16.1 Å². The second-order valence-electron chi connectivity index (χ2n) is 4.74. The normalized spacial score (nSPS) is 10.6. The smallest absolute Gasteiger partial charge is 0.274 e. The van der Waals surface area contributed by atoms with Crippen LogP contribution in [-0.2, 0) is 6.54 Å². The summed E-state index contributed by atoms with van der Waals surface area (Å²) < 4.78 is 0. The zero-order chi connectivity index (χ0) is 14.5. The molecule has 1 N–H and O–H groups in total. The van der Waals surface area contributed by atoms with E-state index in [9.17, 15) is 4.79 Å². The molecule has 2 rings (SSSR count). The Balaban J connectivity index is 2.11. The summed E-state index contributed by atoms with van der Waals surface area (Å²) in [5.41, 5.74) is 2.18. The lowest BCUT2D eigenvalue weighted by atomic mass is 10.2. The van der Waals surface area contributed by atoms with Gasteiger partial charge in [-0.1, -0.05) is 29.8 Å². The predicted octanol–water partition coefficient (Wildman–Crippen LogP) is 3.05. The highest BCUT2D eigenvalue weighted by atomic mass is 35.5. The molecule has 0 fully saturated rings. The minimum absolute atomic E-state index is 0.269. The fourth-order valence-electron chi connectivity index (χ4n) is 1.84. The number of hydrogen-bond donors (Lipinski definition) is 1. The van der Waals surface area contributed by atoms with Crippen molar-refractivity contribution in [2.45, 2.75) is 6.54 Å². The van der Waals surface area contributed by atoms with Gasteiger partial charge in [0.05, 0.1) is 0 Å². The van der Waals surface area contributed by atoms with Gasteiger partial charge in [0, 0.05) is 12.2 Å². The average molecular weight is 290 g/mol. The lowest BCUT2D eigenvalue weighted by Gasteiger charge is -2.11. The van der Waals surface area contributed by atoms with E-state index in [0.29, 0.717) is 10.8 Å². The Kier molecular flexibility index (Phi) is 4.71. The zero-order valence-electron chi connectivity index (χ0n) is 11.4. The number of pyridine rings is 1. The summed E-state index contributed by atoms with van der Waals surface area (Å²) in [5, 5.41) is 3.13. The minimum Gasteiger partial charge on any atom is -0.321 e. The number of anilines is 1. The first-order chi connectivity index (χ1) is 9.54. The lowest BCUT2D eigenvalue weighted by Crippen LogP contribution is -2.14. The highest BCUT2D eigenvalue weighted by molar-refractivity contribution is 6.29. The molecule has 4 nitrogen and oxygen atoms in total. The van der Waals surface area contributed by atoms with Crippen LogP contribution in [0.3, 0.4) is 0 Å². The van der Waals surface area contributed by atoms with Gasteiger partial charge in [-0.15, -0.1) is 0 Å². The van der Waals surface area contributed by atoms with Crippen LogP contribution in [0.15, 0.2) is 42.5 Å². The van der Waals surface area contributed by atoms with Crippen molar-refractivity contribution in [3.63, 3.8) is 0 Å². The summed E-state index contributed by atoms with van der Waals surface area (Å²) in [7, 11) is 4.00. The van der Waals surface area contributed by atoms with Crippen LogP contribution in [0.25, 0.3) is 0 Å². The number of rotatable bonds is 4. The number of benzene rings is 1. The Morgan fingerprint density at radius 2 is 2.00 bits per heavy atom. The van der Waals surface area contributed by atoms with E-state index < -0.39 is 0 Å². The molecule has 0 saturated carbocycles. The third-order valence-electron chi connectivity index (χ3n) is 2.63. The second-order valence-corrected chi connectivity index (χ2v) is 5.13. The van der Waals surface area contributed by atoms with Crippen LogP contribution in [0, 0.1) is 0 Å². The predicted molar refractivity (Wildman–Crippen MR) is 81.0 cm³/mol. The Labute approximate surface area is 123 Å². The fraction of sp³-hybridized carbons (Fsp3) is 0.200. The highest BCUT2D eigenvalue weighted by Gasteiger charge is 2.08. The van der Waals surface area contributed by atoms with E-state index in [1.807, 2.05) is 38.4 Å². The fourth-order valence-corrected chi connectivity index (χ4v) is 2.01. The molecule has 104 valence electrons. The largest absolute Gasteiger partial charge is 0.321 e. The molecule has 20 heavy (non-hydrogen) atoms. The summed E-state index contributed by atoms with van der Waals surface area (Å²) in [6.45, 7) is 0.819. The van der Waals surface area contributed by atoms with Gasteiger partial charge in [-0.25, -0.2) is 4.98 Å². The van der Waals surface area contributed by atoms with Crippen molar-refractivity contribution in [1.29, 1.82) is 0 Å². The third kappa shape index (κ3) is 4.05. The number of carbonyl (C=O) groups is 1.